The summed E-state index contributed by atoms with van der Waals surface area (Å²) in [5.41, 5.74) is 0.900. The Morgan fingerprint density at radius 1 is 1.08 bits per heavy atom. The van der Waals surface area contributed by atoms with Gasteiger partial charge in [0.05, 0.1) is 30.3 Å². The minimum Gasteiger partial charge on any atom is -0.394 e. The Morgan fingerprint density at radius 3 is 2.49 bits per heavy atom. The van der Waals surface area contributed by atoms with Crippen LogP contribution in [0, 0.1) is 13.8 Å². The van der Waals surface area contributed by atoms with Crippen LogP contribution in [0.1, 0.15) is 35.4 Å². The van der Waals surface area contributed by atoms with E-state index in [0.29, 0.717) is 5.56 Å². The Balaban J connectivity index is 1.49. The quantitative estimate of drug-likeness (QED) is 0.335. The molecule has 2 aromatic carbocycles. The van der Waals surface area contributed by atoms with Crippen LogP contribution in [0.4, 0.5) is 5.82 Å². The van der Waals surface area contributed by atoms with Crippen LogP contribution in [0.5, 0.6) is 0 Å². The number of hydrogen-bond acceptors (Lipinski definition) is 8. The fourth-order valence-electron chi connectivity index (χ4n) is 4.55. The van der Waals surface area contributed by atoms with Crippen LogP contribution in [-0.2, 0) is 21.3 Å². The maximum absolute atomic E-state index is 13.8. The lowest BCUT2D eigenvalue weighted by Crippen LogP contribution is -2.33. The number of aliphatic hydroxyl groups is 1. The molecule has 1 aliphatic heterocycles. The van der Waals surface area contributed by atoms with Crippen molar-refractivity contribution in [2.24, 2.45) is 0 Å². The Hall–Kier alpha value is -4.07. The summed E-state index contributed by atoms with van der Waals surface area (Å²) in [5.74, 6) is 0.0941. The smallest absolute Gasteiger partial charge is 0.330 e. The summed E-state index contributed by atoms with van der Waals surface area (Å²) in [6, 6.07) is 15.1. The number of H-pyrrole nitrogens is 1. The molecule has 4 aromatic rings. The third kappa shape index (κ3) is 5.28. The van der Waals surface area contributed by atoms with E-state index in [-0.39, 0.29) is 30.3 Å². The van der Waals surface area contributed by atoms with Gasteiger partial charge in [-0.15, -0.1) is 5.10 Å². The lowest BCUT2D eigenvalue weighted by atomic mass is 10.1. The van der Waals surface area contributed by atoms with E-state index in [9.17, 15) is 23.1 Å². The van der Waals surface area contributed by atoms with Crippen molar-refractivity contribution in [1.82, 2.24) is 24.5 Å². The zero-order chi connectivity index (χ0) is 27.7. The molecule has 39 heavy (non-hydrogen) atoms. The number of anilines is 1. The first-order valence-corrected chi connectivity index (χ1v) is 13.7. The molecule has 1 aliphatic rings. The predicted molar refractivity (Wildman–Crippen MR) is 142 cm³/mol. The Morgan fingerprint density at radius 2 is 1.79 bits per heavy atom. The van der Waals surface area contributed by atoms with Crippen molar-refractivity contribution in [2.45, 2.75) is 50.1 Å². The summed E-state index contributed by atoms with van der Waals surface area (Å²) < 4.78 is 37.3. The van der Waals surface area contributed by atoms with Gasteiger partial charge in [0.1, 0.15) is 12.3 Å². The molecule has 0 spiro atoms. The Bertz CT molecular complexity index is 1680. The van der Waals surface area contributed by atoms with Crippen molar-refractivity contribution in [3.05, 3.63) is 105 Å². The molecule has 2 aromatic heterocycles. The molecule has 5 rings (SSSR count). The number of benzene rings is 2. The van der Waals surface area contributed by atoms with Crippen LogP contribution in [0.3, 0.4) is 0 Å². The SMILES string of the molecule is Cc1ccc(S(=O)(=O)N(Cc2ccccc2)c2cn([C@H]3C[C@H](n4cc(C)c(=O)[nH]c4=O)O[C@@H]3CO)nn2)cc1. The zero-order valence-corrected chi connectivity index (χ0v) is 22.2. The highest BCUT2D eigenvalue weighted by atomic mass is 32.2. The van der Waals surface area contributed by atoms with Crippen LogP contribution in [0.2, 0.25) is 0 Å². The molecule has 204 valence electrons. The average Bonchev–Trinajstić information content (AvgIpc) is 3.57. The molecule has 3 atom stereocenters. The Labute approximate surface area is 224 Å². The molecule has 1 saturated heterocycles. The lowest BCUT2D eigenvalue weighted by molar-refractivity contribution is -0.0323. The van der Waals surface area contributed by atoms with Gasteiger partial charge in [-0.05, 0) is 31.5 Å². The molecule has 0 saturated carbocycles. The van der Waals surface area contributed by atoms with Crippen molar-refractivity contribution >= 4 is 15.8 Å². The monoisotopic (exact) mass is 552 g/mol. The van der Waals surface area contributed by atoms with Crippen LogP contribution >= 0.6 is 0 Å². The second-order valence-corrected chi connectivity index (χ2v) is 11.3. The second kappa shape index (κ2) is 10.6. The molecule has 0 amide bonds. The fraction of sp³-hybridized carbons (Fsp3) is 0.308. The van der Waals surface area contributed by atoms with Crippen LogP contribution in [0.25, 0.3) is 0 Å². The molecular weight excluding hydrogens is 524 g/mol. The summed E-state index contributed by atoms with van der Waals surface area (Å²) in [6.45, 7) is 3.10. The molecule has 0 unspecified atom stereocenters. The second-order valence-electron chi connectivity index (χ2n) is 9.46. The van der Waals surface area contributed by atoms with E-state index in [0.717, 1.165) is 11.1 Å². The van der Waals surface area contributed by atoms with Crippen molar-refractivity contribution in [2.75, 3.05) is 10.9 Å². The number of aromatic nitrogens is 5. The first kappa shape index (κ1) is 26.5. The number of aromatic amines is 1. The molecule has 0 aliphatic carbocycles. The van der Waals surface area contributed by atoms with Crippen molar-refractivity contribution in [3.8, 4) is 0 Å². The fourth-order valence-corrected chi connectivity index (χ4v) is 5.93. The van der Waals surface area contributed by atoms with E-state index in [1.165, 1.54) is 25.9 Å². The highest BCUT2D eigenvalue weighted by molar-refractivity contribution is 7.92. The van der Waals surface area contributed by atoms with Gasteiger partial charge in [-0.1, -0.05) is 53.2 Å². The molecular formula is C26H28N6O6S. The number of ether oxygens (including phenoxy) is 1. The minimum atomic E-state index is -4.01. The van der Waals surface area contributed by atoms with Gasteiger partial charge in [-0.2, -0.15) is 0 Å². The van der Waals surface area contributed by atoms with E-state index < -0.39 is 39.6 Å². The van der Waals surface area contributed by atoms with Gasteiger partial charge in [-0.25, -0.2) is 22.2 Å². The first-order chi connectivity index (χ1) is 18.7. The number of aliphatic hydroxyl groups excluding tert-OH is 1. The largest absolute Gasteiger partial charge is 0.394 e. The van der Waals surface area contributed by atoms with Gasteiger partial charge in [0, 0.05) is 18.2 Å². The highest BCUT2D eigenvalue weighted by Crippen LogP contribution is 2.36. The highest BCUT2D eigenvalue weighted by Gasteiger charge is 2.39. The molecule has 2 N–H and O–H groups in total. The molecule has 3 heterocycles. The molecule has 13 heteroatoms. The number of nitrogens with zero attached hydrogens (tertiary/aromatic N) is 5. The Kier molecular flexibility index (Phi) is 7.21. The number of aryl methyl sites for hydroxylation is 2. The summed E-state index contributed by atoms with van der Waals surface area (Å²) in [6.07, 6.45) is 1.60. The van der Waals surface area contributed by atoms with Gasteiger partial charge in [0.25, 0.3) is 15.6 Å². The molecule has 0 bridgehead atoms. The normalized spacial score (nSPS) is 19.3. The standard InChI is InChI=1S/C26H28N6O6S/c1-17-8-10-20(11-9-17)39(36,37)32(14-19-6-4-3-5-7-19)23-15-31(29-28-23)21-12-24(38-22(21)16-33)30-13-18(2)25(34)27-26(30)35/h3-11,13,15,21-22,24,33H,12,14,16H2,1-2H3,(H,27,34,35)/t21-,22+,24+/m0/s1. The van der Waals surface area contributed by atoms with Crippen molar-refractivity contribution in [3.63, 3.8) is 0 Å². The van der Waals surface area contributed by atoms with Crippen LogP contribution < -0.4 is 15.6 Å². The average molecular weight is 553 g/mol. The van der Waals surface area contributed by atoms with Crippen LogP contribution in [0.15, 0.2) is 81.5 Å². The first-order valence-electron chi connectivity index (χ1n) is 12.3. The number of sulfonamides is 1. The molecule has 1 fully saturated rings. The number of hydrogen-bond donors (Lipinski definition) is 2. The van der Waals surface area contributed by atoms with E-state index in [1.54, 1.807) is 31.2 Å². The minimum absolute atomic E-state index is 0.0228. The molecule has 12 nitrogen and oxygen atoms in total. The van der Waals surface area contributed by atoms with Gasteiger partial charge >= 0.3 is 5.69 Å². The number of nitrogens with one attached hydrogen (secondary N) is 1. The summed E-state index contributed by atoms with van der Waals surface area (Å²) in [7, 11) is -4.01. The maximum Gasteiger partial charge on any atom is 0.330 e. The van der Waals surface area contributed by atoms with Crippen LogP contribution in [-0.4, -0.2) is 50.8 Å². The summed E-state index contributed by atoms with van der Waals surface area (Å²) in [4.78, 5) is 26.6. The summed E-state index contributed by atoms with van der Waals surface area (Å²) >= 11 is 0. The van der Waals surface area contributed by atoms with Gasteiger partial charge < -0.3 is 9.84 Å². The van der Waals surface area contributed by atoms with E-state index >= 15 is 0 Å². The van der Waals surface area contributed by atoms with Crippen molar-refractivity contribution in [1.29, 1.82) is 0 Å². The topological polar surface area (TPSA) is 152 Å². The van der Waals surface area contributed by atoms with Gasteiger partial charge in [0.2, 0.25) is 0 Å². The predicted octanol–water partition coefficient (Wildman–Crippen LogP) is 1.66. The number of rotatable bonds is 8. The molecule has 0 radical (unpaired) electrons. The van der Waals surface area contributed by atoms with Crippen molar-refractivity contribution < 1.29 is 18.3 Å². The summed E-state index contributed by atoms with van der Waals surface area (Å²) in [5, 5.41) is 18.4. The maximum atomic E-state index is 13.8. The van der Waals surface area contributed by atoms with E-state index in [1.807, 2.05) is 37.3 Å². The zero-order valence-electron chi connectivity index (χ0n) is 21.3. The third-order valence-corrected chi connectivity index (χ3v) is 8.48. The third-order valence-electron chi connectivity index (χ3n) is 6.71. The van der Waals surface area contributed by atoms with E-state index in [2.05, 4.69) is 15.3 Å². The van der Waals surface area contributed by atoms with E-state index in [4.69, 9.17) is 4.74 Å². The van der Waals surface area contributed by atoms with Gasteiger partial charge in [0.15, 0.2) is 5.82 Å². The lowest BCUT2D eigenvalue weighted by Gasteiger charge is -2.22. The van der Waals surface area contributed by atoms with Gasteiger partial charge in [-0.3, -0.25) is 14.3 Å².